The van der Waals surface area contributed by atoms with Crippen molar-refractivity contribution in [2.75, 3.05) is 12.3 Å². The van der Waals surface area contributed by atoms with Gasteiger partial charge in [-0.2, -0.15) is 0 Å². The van der Waals surface area contributed by atoms with Gasteiger partial charge in [0, 0.05) is 13.1 Å². The Hall–Kier alpha value is -2.27. The van der Waals surface area contributed by atoms with Crippen LogP contribution in [0.5, 0.6) is 0 Å². The van der Waals surface area contributed by atoms with Crippen LogP contribution in [-0.4, -0.2) is 39.4 Å². The van der Waals surface area contributed by atoms with E-state index in [9.17, 15) is 9.59 Å². The van der Waals surface area contributed by atoms with E-state index in [-0.39, 0.29) is 11.7 Å². The summed E-state index contributed by atoms with van der Waals surface area (Å²) in [5, 5.41) is 8.39. The van der Waals surface area contributed by atoms with Crippen LogP contribution in [0, 0.1) is 0 Å². The Labute approximate surface area is 152 Å². The first-order valence-electron chi connectivity index (χ1n) is 8.26. The SMILES string of the molecule is CC(SCC(=O)N(CCc1ccccc1)Cc1ccccc1)C(=O)O. The fourth-order valence-corrected chi connectivity index (χ4v) is 3.08. The van der Waals surface area contributed by atoms with Crippen molar-refractivity contribution in [3.63, 3.8) is 0 Å². The molecule has 0 saturated heterocycles. The number of carboxylic acids is 1. The van der Waals surface area contributed by atoms with Gasteiger partial charge in [-0.25, -0.2) is 0 Å². The molecule has 0 saturated carbocycles. The highest BCUT2D eigenvalue weighted by Crippen LogP contribution is 2.14. The van der Waals surface area contributed by atoms with E-state index in [0.29, 0.717) is 13.1 Å². The van der Waals surface area contributed by atoms with Crippen molar-refractivity contribution in [3.8, 4) is 0 Å². The summed E-state index contributed by atoms with van der Waals surface area (Å²) in [5.74, 6) is -0.746. The number of carbonyl (C=O) groups excluding carboxylic acids is 1. The number of benzene rings is 2. The van der Waals surface area contributed by atoms with Crippen LogP contribution in [-0.2, 0) is 22.6 Å². The molecule has 1 atom stereocenters. The van der Waals surface area contributed by atoms with E-state index < -0.39 is 11.2 Å². The average molecular weight is 357 g/mol. The van der Waals surface area contributed by atoms with E-state index in [2.05, 4.69) is 0 Å². The molecule has 1 N–H and O–H groups in total. The van der Waals surface area contributed by atoms with Gasteiger partial charge < -0.3 is 10.0 Å². The largest absolute Gasteiger partial charge is 0.480 e. The molecule has 0 aliphatic rings. The number of aliphatic carboxylic acids is 1. The van der Waals surface area contributed by atoms with Crippen LogP contribution < -0.4 is 0 Å². The van der Waals surface area contributed by atoms with E-state index in [0.717, 1.165) is 23.7 Å². The zero-order valence-corrected chi connectivity index (χ0v) is 15.1. The molecule has 0 heterocycles. The molecule has 132 valence electrons. The Morgan fingerprint density at radius 3 is 2.12 bits per heavy atom. The van der Waals surface area contributed by atoms with Crippen molar-refractivity contribution in [2.24, 2.45) is 0 Å². The van der Waals surface area contributed by atoms with Crippen molar-refractivity contribution in [1.29, 1.82) is 0 Å². The predicted molar refractivity (Wildman–Crippen MR) is 102 cm³/mol. The summed E-state index contributed by atoms with van der Waals surface area (Å²) < 4.78 is 0. The first kappa shape index (κ1) is 19.1. The number of amides is 1. The maximum absolute atomic E-state index is 12.6. The number of hydrogen-bond donors (Lipinski definition) is 1. The second kappa shape index (κ2) is 9.89. The highest BCUT2D eigenvalue weighted by atomic mass is 32.2. The molecule has 2 rings (SSSR count). The van der Waals surface area contributed by atoms with Gasteiger partial charge in [0.05, 0.1) is 11.0 Å². The van der Waals surface area contributed by atoms with Crippen LogP contribution in [0.25, 0.3) is 0 Å². The van der Waals surface area contributed by atoms with Crippen LogP contribution in [0.15, 0.2) is 60.7 Å². The van der Waals surface area contributed by atoms with Gasteiger partial charge in [-0.3, -0.25) is 9.59 Å². The minimum Gasteiger partial charge on any atom is -0.480 e. The maximum atomic E-state index is 12.6. The third kappa shape index (κ3) is 6.63. The molecule has 0 spiro atoms. The first-order chi connectivity index (χ1) is 12.1. The normalized spacial score (nSPS) is 11.7. The van der Waals surface area contributed by atoms with Gasteiger partial charge in [0.15, 0.2) is 0 Å². The van der Waals surface area contributed by atoms with Gasteiger partial charge in [-0.05, 0) is 24.5 Å². The molecule has 1 unspecified atom stereocenters. The van der Waals surface area contributed by atoms with Crippen molar-refractivity contribution >= 4 is 23.6 Å². The summed E-state index contributed by atoms with van der Waals surface area (Å²) in [7, 11) is 0. The molecule has 0 radical (unpaired) electrons. The van der Waals surface area contributed by atoms with Crippen LogP contribution in [0.3, 0.4) is 0 Å². The number of rotatable bonds is 9. The lowest BCUT2D eigenvalue weighted by Crippen LogP contribution is -2.34. The van der Waals surface area contributed by atoms with Crippen molar-refractivity contribution in [1.82, 2.24) is 4.90 Å². The summed E-state index contributed by atoms with van der Waals surface area (Å²) in [6, 6.07) is 19.9. The second-order valence-corrected chi connectivity index (χ2v) is 7.16. The van der Waals surface area contributed by atoms with Crippen molar-refractivity contribution in [3.05, 3.63) is 71.8 Å². The summed E-state index contributed by atoms with van der Waals surface area (Å²) >= 11 is 1.16. The number of hydrogen-bond acceptors (Lipinski definition) is 3. The Morgan fingerprint density at radius 2 is 1.56 bits per heavy atom. The molecule has 5 heteroatoms. The zero-order chi connectivity index (χ0) is 18.1. The summed E-state index contributed by atoms with van der Waals surface area (Å²) in [4.78, 5) is 25.4. The quantitative estimate of drug-likeness (QED) is 0.747. The monoisotopic (exact) mass is 357 g/mol. The molecule has 4 nitrogen and oxygen atoms in total. The lowest BCUT2D eigenvalue weighted by Gasteiger charge is -2.23. The Bertz CT molecular complexity index is 676. The van der Waals surface area contributed by atoms with E-state index in [4.69, 9.17) is 5.11 Å². The average Bonchev–Trinajstić information content (AvgIpc) is 2.64. The number of carboxylic acid groups (broad SMARTS) is 1. The van der Waals surface area contributed by atoms with Crippen molar-refractivity contribution in [2.45, 2.75) is 25.1 Å². The number of thioether (sulfide) groups is 1. The Kier molecular flexibility index (Phi) is 7.54. The van der Waals surface area contributed by atoms with E-state index in [1.807, 2.05) is 65.6 Å². The zero-order valence-electron chi connectivity index (χ0n) is 14.3. The highest BCUT2D eigenvalue weighted by Gasteiger charge is 2.18. The molecule has 0 aliphatic carbocycles. The van der Waals surface area contributed by atoms with Gasteiger partial charge in [0.1, 0.15) is 0 Å². The molecule has 2 aromatic carbocycles. The van der Waals surface area contributed by atoms with Gasteiger partial charge >= 0.3 is 5.97 Å². The third-order valence-electron chi connectivity index (χ3n) is 3.89. The van der Waals surface area contributed by atoms with Gasteiger partial charge in [0.2, 0.25) is 5.91 Å². The van der Waals surface area contributed by atoms with Crippen LogP contribution >= 0.6 is 11.8 Å². The van der Waals surface area contributed by atoms with Crippen LogP contribution in [0.2, 0.25) is 0 Å². The van der Waals surface area contributed by atoms with Crippen LogP contribution in [0.4, 0.5) is 0 Å². The predicted octanol–water partition coefficient (Wildman–Crippen LogP) is 3.46. The van der Waals surface area contributed by atoms with Crippen molar-refractivity contribution < 1.29 is 14.7 Å². The van der Waals surface area contributed by atoms with Gasteiger partial charge in [0.25, 0.3) is 0 Å². The fraction of sp³-hybridized carbons (Fsp3) is 0.300. The van der Waals surface area contributed by atoms with Gasteiger partial charge in [-0.15, -0.1) is 11.8 Å². The molecule has 2 aromatic rings. The number of carbonyl (C=O) groups is 2. The highest BCUT2D eigenvalue weighted by molar-refractivity contribution is 8.01. The van der Waals surface area contributed by atoms with Gasteiger partial charge in [-0.1, -0.05) is 60.7 Å². The first-order valence-corrected chi connectivity index (χ1v) is 9.31. The molecule has 1 amide bonds. The third-order valence-corrected chi connectivity index (χ3v) is 5.00. The standard InChI is InChI=1S/C20H23NO3S/c1-16(20(23)24)25-15-19(22)21(14-18-10-6-3-7-11-18)13-12-17-8-4-2-5-9-17/h2-11,16H,12-15H2,1H3,(H,23,24). The lowest BCUT2D eigenvalue weighted by molar-refractivity contribution is -0.136. The molecule has 0 aliphatic heterocycles. The lowest BCUT2D eigenvalue weighted by atomic mass is 10.1. The molecular formula is C20H23NO3S. The smallest absolute Gasteiger partial charge is 0.316 e. The topological polar surface area (TPSA) is 57.6 Å². The Morgan fingerprint density at radius 1 is 1.00 bits per heavy atom. The molecular weight excluding hydrogens is 334 g/mol. The second-order valence-electron chi connectivity index (χ2n) is 5.83. The van der Waals surface area contributed by atoms with E-state index >= 15 is 0 Å². The summed E-state index contributed by atoms with van der Waals surface area (Å²) in [6.45, 7) is 2.75. The Balaban J connectivity index is 2.00. The van der Waals surface area contributed by atoms with E-state index in [1.54, 1.807) is 6.92 Å². The molecule has 0 fully saturated rings. The minimum atomic E-state index is -0.892. The molecule has 0 aromatic heterocycles. The number of nitrogens with zero attached hydrogens (tertiary/aromatic N) is 1. The van der Waals surface area contributed by atoms with E-state index in [1.165, 1.54) is 5.56 Å². The fourth-order valence-electron chi connectivity index (χ4n) is 2.36. The summed E-state index contributed by atoms with van der Waals surface area (Å²) in [6.07, 6.45) is 0.776. The maximum Gasteiger partial charge on any atom is 0.316 e. The molecule has 0 bridgehead atoms. The molecule has 25 heavy (non-hydrogen) atoms. The minimum absolute atomic E-state index is 0.0297. The summed E-state index contributed by atoms with van der Waals surface area (Å²) in [5.41, 5.74) is 2.25. The van der Waals surface area contributed by atoms with Crippen LogP contribution in [0.1, 0.15) is 18.1 Å².